The lowest BCUT2D eigenvalue weighted by atomic mass is 9.80. The van der Waals surface area contributed by atoms with Gasteiger partial charge in [0.1, 0.15) is 17.4 Å². The van der Waals surface area contributed by atoms with Crippen molar-refractivity contribution in [2.75, 3.05) is 13.2 Å². The first kappa shape index (κ1) is 26.5. The first-order chi connectivity index (χ1) is 17.1. The Bertz CT molecular complexity index is 1060. The summed E-state index contributed by atoms with van der Waals surface area (Å²) in [5, 5.41) is 0. The molecule has 0 radical (unpaired) electrons. The van der Waals surface area contributed by atoms with E-state index in [0.717, 1.165) is 0 Å². The number of halogens is 7. The van der Waals surface area contributed by atoms with E-state index in [1.165, 1.54) is 0 Å². The molecule has 1 saturated carbocycles. The van der Waals surface area contributed by atoms with E-state index in [1.54, 1.807) is 0 Å². The molecule has 0 N–H and O–H groups in total. The van der Waals surface area contributed by atoms with Gasteiger partial charge >= 0.3 is 6.11 Å². The van der Waals surface area contributed by atoms with Gasteiger partial charge < -0.3 is 14.2 Å². The summed E-state index contributed by atoms with van der Waals surface area (Å²) in [7, 11) is 0. The third-order valence-corrected chi connectivity index (χ3v) is 6.59. The number of benzene rings is 2. The standard InChI is InChI=1S/C26H25F7O3/c1-2-3-14-12-34-25(35-13-14)15-4-6-17(7-5-15)26(32,33)36-18-10-19(27)23(20(28)11-18)16-8-21(29)24(31)22(30)9-16/h2-3,8-11,14-15,17,25H,4-7,12-13H2,1H3/b3-2+. The van der Waals surface area contributed by atoms with E-state index in [-0.39, 0.29) is 24.7 Å². The smallest absolute Gasteiger partial charge is 0.400 e. The molecule has 2 aromatic carbocycles. The number of hydrogen-bond donors (Lipinski definition) is 0. The van der Waals surface area contributed by atoms with E-state index in [2.05, 4.69) is 0 Å². The van der Waals surface area contributed by atoms with Crippen LogP contribution in [0.1, 0.15) is 32.6 Å². The molecule has 1 aliphatic heterocycles. The van der Waals surface area contributed by atoms with Gasteiger partial charge in [-0.2, -0.15) is 8.78 Å². The summed E-state index contributed by atoms with van der Waals surface area (Å²) in [5.74, 6) is -9.73. The molecule has 0 amide bonds. The second-order valence-electron chi connectivity index (χ2n) is 9.11. The van der Waals surface area contributed by atoms with Crippen molar-refractivity contribution in [2.45, 2.75) is 45.0 Å². The molecule has 0 aromatic heterocycles. The maximum Gasteiger partial charge on any atom is 0.400 e. The summed E-state index contributed by atoms with van der Waals surface area (Å²) < 4.78 is 115. The van der Waals surface area contributed by atoms with Crippen LogP contribution in [-0.2, 0) is 9.47 Å². The molecule has 196 valence electrons. The van der Waals surface area contributed by atoms with E-state index in [1.807, 2.05) is 19.1 Å². The van der Waals surface area contributed by atoms with Crippen LogP contribution in [0.15, 0.2) is 36.4 Å². The van der Waals surface area contributed by atoms with E-state index >= 15 is 0 Å². The quantitative estimate of drug-likeness (QED) is 0.227. The van der Waals surface area contributed by atoms with Crippen molar-refractivity contribution in [3.63, 3.8) is 0 Å². The highest BCUT2D eigenvalue weighted by Crippen LogP contribution is 2.43. The predicted molar refractivity (Wildman–Crippen MR) is 117 cm³/mol. The number of hydrogen-bond acceptors (Lipinski definition) is 3. The summed E-state index contributed by atoms with van der Waals surface area (Å²) in [6.07, 6.45) is 0.729. The Morgan fingerprint density at radius 2 is 1.39 bits per heavy atom. The van der Waals surface area contributed by atoms with Crippen LogP contribution in [0.2, 0.25) is 0 Å². The SMILES string of the molecule is C/C=C/C1COC(C2CCC(C(F)(F)Oc3cc(F)c(-c4cc(F)c(F)c(F)c4)c(F)c3)CC2)OC1. The molecule has 0 atom stereocenters. The molecular weight excluding hydrogens is 493 g/mol. The molecule has 0 unspecified atom stereocenters. The zero-order valence-corrected chi connectivity index (χ0v) is 19.4. The van der Waals surface area contributed by atoms with Gasteiger partial charge in [0.2, 0.25) is 0 Å². The number of ether oxygens (including phenoxy) is 3. The van der Waals surface area contributed by atoms with Gasteiger partial charge in [-0.05, 0) is 50.3 Å². The average Bonchev–Trinajstić information content (AvgIpc) is 2.82. The lowest BCUT2D eigenvalue weighted by molar-refractivity contribution is -0.244. The van der Waals surface area contributed by atoms with Crippen molar-refractivity contribution in [1.29, 1.82) is 0 Å². The molecule has 0 bridgehead atoms. The van der Waals surface area contributed by atoms with Gasteiger partial charge in [0.25, 0.3) is 0 Å². The van der Waals surface area contributed by atoms with Crippen LogP contribution in [0.3, 0.4) is 0 Å². The fourth-order valence-corrected chi connectivity index (χ4v) is 4.74. The Kier molecular flexibility index (Phi) is 7.94. The third-order valence-electron chi connectivity index (χ3n) is 6.59. The minimum absolute atomic E-state index is 0.0470. The van der Waals surface area contributed by atoms with Crippen molar-refractivity contribution in [3.05, 3.63) is 65.5 Å². The summed E-state index contributed by atoms with van der Waals surface area (Å²) in [5.41, 5.74) is -1.52. The zero-order valence-electron chi connectivity index (χ0n) is 19.4. The zero-order chi connectivity index (χ0) is 26.0. The summed E-state index contributed by atoms with van der Waals surface area (Å²) in [4.78, 5) is 0. The maximum absolute atomic E-state index is 14.9. The van der Waals surface area contributed by atoms with Crippen molar-refractivity contribution in [1.82, 2.24) is 0 Å². The third kappa shape index (κ3) is 5.70. The van der Waals surface area contributed by atoms with E-state index in [4.69, 9.17) is 14.2 Å². The molecule has 2 aromatic rings. The van der Waals surface area contributed by atoms with E-state index < -0.39 is 64.3 Å². The van der Waals surface area contributed by atoms with Crippen molar-refractivity contribution in [3.8, 4) is 16.9 Å². The number of allylic oxidation sites excluding steroid dienone is 1. The van der Waals surface area contributed by atoms with E-state index in [0.29, 0.717) is 50.3 Å². The van der Waals surface area contributed by atoms with Gasteiger partial charge in [-0.15, -0.1) is 0 Å². The monoisotopic (exact) mass is 518 g/mol. The Labute approximate surface area is 203 Å². The molecule has 1 aliphatic carbocycles. The predicted octanol–water partition coefficient (Wildman–Crippen LogP) is 7.39. The maximum atomic E-state index is 14.9. The summed E-state index contributed by atoms with van der Waals surface area (Å²) >= 11 is 0. The molecule has 1 saturated heterocycles. The molecule has 4 rings (SSSR count). The van der Waals surface area contributed by atoms with Crippen molar-refractivity contribution in [2.24, 2.45) is 17.8 Å². The lowest BCUT2D eigenvalue weighted by Crippen LogP contribution is -2.41. The fourth-order valence-electron chi connectivity index (χ4n) is 4.74. The van der Waals surface area contributed by atoms with Gasteiger partial charge in [0, 0.05) is 24.0 Å². The number of alkyl halides is 2. The van der Waals surface area contributed by atoms with Crippen LogP contribution in [0.4, 0.5) is 30.7 Å². The van der Waals surface area contributed by atoms with Gasteiger partial charge in [-0.3, -0.25) is 0 Å². The molecule has 2 fully saturated rings. The minimum Gasteiger partial charge on any atom is -0.432 e. The Hall–Kier alpha value is -2.59. The summed E-state index contributed by atoms with van der Waals surface area (Å²) in [6.45, 7) is 2.90. The molecular formula is C26H25F7O3. The fraction of sp³-hybridized carbons (Fsp3) is 0.462. The highest BCUT2D eigenvalue weighted by Gasteiger charge is 2.45. The van der Waals surface area contributed by atoms with Gasteiger partial charge in [-0.1, -0.05) is 12.2 Å². The highest BCUT2D eigenvalue weighted by atomic mass is 19.3. The van der Waals surface area contributed by atoms with Gasteiger partial charge in [0.15, 0.2) is 23.7 Å². The Morgan fingerprint density at radius 3 is 1.92 bits per heavy atom. The van der Waals surface area contributed by atoms with Crippen LogP contribution in [0.25, 0.3) is 11.1 Å². The average molecular weight is 518 g/mol. The summed E-state index contributed by atoms with van der Waals surface area (Å²) in [6, 6.07) is 1.83. The molecule has 10 heteroatoms. The molecule has 2 aliphatic rings. The van der Waals surface area contributed by atoms with Crippen LogP contribution >= 0.6 is 0 Å². The Balaban J connectivity index is 1.40. The first-order valence-electron chi connectivity index (χ1n) is 11.7. The van der Waals surface area contributed by atoms with Gasteiger partial charge in [-0.25, -0.2) is 22.0 Å². The lowest BCUT2D eigenvalue weighted by Gasteiger charge is -2.38. The second-order valence-corrected chi connectivity index (χ2v) is 9.11. The van der Waals surface area contributed by atoms with Crippen LogP contribution in [-0.4, -0.2) is 25.6 Å². The Morgan fingerprint density at radius 1 is 0.833 bits per heavy atom. The minimum atomic E-state index is -3.72. The number of rotatable bonds is 6. The van der Waals surface area contributed by atoms with E-state index in [9.17, 15) is 30.7 Å². The van der Waals surface area contributed by atoms with Gasteiger partial charge in [0.05, 0.1) is 24.7 Å². The first-order valence-corrected chi connectivity index (χ1v) is 11.7. The van der Waals surface area contributed by atoms with Crippen LogP contribution in [0, 0.1) is 46.8 Å². The molecule has 3 nitrogen and oxygen atoms in total. The van der Waals surface area contributed by atoms with Crippen LogP contribution < -0.4 is 4.74 Å². The van der Waals surface area contributed by atoms with Crippen molar-refractivity contribution >= 4 is 0 Å². The molecule has 0 spiro atoms. The second kappa shape index (κ2) is 10.8. The molecule has 36 heavy (non-hydrogen) atoms. The molecule has 1 heterocycles. The largest absolute Gasteiger partial charge is 0.432 e. The highest BCUT2D eigenvalue weighted by molar-refractivity contribution is 5.66. The van der Waals surface area contributed by atoms with Crippen LogP contribution in [0.5, 0.6) is 5.75 Å². The topological polar surface area (TPSA) is 27.7 Å². The normalized spacial score (nSPS) is 25.3. The van der Waals surface area contributed by atoms with Crippen molar-refractivity contribution < 1.29 is 44.9 Å².